The molecule has 11 heteroatoms. The van der Waals surface area contributed by atoms with Gasteiger partial charge >= 0.3 is 5.97 Å². The SMILES string of the molecule is CN(CC(C)(C)c1cccc(C(C)(C)C)c1)C(=O)[C@@H]1C(C(=O)O)[C@@]2(C(=O)Nc3c(Cl)cc(Cl)cc32)N2CC(F)(F)C[C@H]12. The molecule has 2 aromatic carbocycles. The van der Waals surface area contributed by atoms with Gasteiger partial charge < -0.3 is 15.3 Å². The number of carbonyl (C=O) groups is 3. The summed E-state index contributed by atoms with van der Waals surface area (Å²) in [6, 6.07) is 9.65. The van der Waals surface area contributed by atoms with Crippen molar-refractivity contribution in [2.75, 3.05) is 25.5 Å². The van der Waals surface area contributed by atoms with Crippen molar-refractivity contribution in [3.05, 3.63) is 63.1 Å². The van der Waals surface area contributed by atoms with Gasteiger partial charge in [-0.3, -0.25) is 19.3 Å². The number of likely N-dealkylation sites (N-methyl/N-ethyl adjacent to an activating group) is 1. The van der Waals surface area contributed by atoms with E-state index in [4.69, 9.17) is 23.2 Å². The molecule has 1 spiro atoms. The lowest BCUT2D eigenvalue weighted by molar-refractivity contribution is -0.155. The fourth-order valence-corrected chi connectivity index (χ4v) is 7.74. The molecule has 0 aromatic heterocycles. The van der Waals surface area contributed by atoms with Crippen LogP contribution in [-0.2, 0) is 30.8 Å². The minimum atomic E-state index is -3.24. The first-order valence-electron chi connectivity index (χ1n) is 13.9. The van der Waals surface area contributed by atoms with Crippen molar-refractivity contribution in [3.8, 4) is 0 Å². The van der Waals surface area contributed by atoms with Gasteiger partial charge in [-0.2, -0.15) is 0 Å². The molecule has 0 bridgehead atoms. The maximum Gasteiger partial charge on any atom is 0.310 e. The lowest BCUT2D eigenvalue weighted by atomic mass is 9.73. The average molecular weight is 623 g/mol. The number of halogens is 4. The van der Waals surface area contributed by atoms with Crippen molar-refractivity contribution >= 4 is 46.7 Å². The molecule has 2 fully saturated rings. The van der Waals surface area contributed by atoms with E-state index in [0.717, 1.165) is 11.1 Å². The molecule has 2 amide bonds. The Bertz CT molecular complexity index is 1490. The molecule has 7 nitrogen and oxygen atoms in total. The van der Waals surface area contributed by atoms with E-state index in [1.807, 2.05) is 32.0 Å². The van der Waals surface area contributed by atoms with Gasteiger partial charge in [0.2, 0.25) is 5.91 Å². The topological polar surface area (TPSA) is 90.0 Å². The van der Waals surface area contributed by atoms with Gasteiger partial charge in [-0.05, 0) is 28.7 Å². The number of carboxylic acid groups (broad SMARTS) is 1. The highest BCUT2D eigenvalue weighted by molar-refractivity contribution is 6.38. The maximum atomic E-state index is 15.1. The molecule has 0 radical (unpaired) electrons. The Kier molecular flexibility index (Phi) is 7.23. The van der Waals surface area contributed by atoms with E-state index in [9.17, 15) is 19.5 Å². The third-order valence-electron chi connectivity index (χ3n) is 9.11. The summed E-state index contributed by atoms with van der Waals surface area (Å²) in [5.41, 5.74) is -0.421. The molecule has 3 heterocycles. The zero-order valence-electron chi connectivity index (χ0n) is 24.4. The van der Waals surface area contributed by atoms with Crippen LogP contribution in [0.25, 0.3) is 0 Å². The van der Waals surface area contributed by atoms with E-state index >= 15 is 8.78 Å². The minimum Gasteiger partial charge on any atom is -0.481 e. The minimum absolute atomic E-state index is 0.0560. The fraction of sp³-hybridized carbons (Fsp3) is 0.516. The van der Waals surface area contributed by atoms with Gasteiger partial charge in [0.05, 0.1) is 23.2 Å². The van der Waals surface area contributed by atoms with Crippen molar-refractivity contribution in [1.82, 2.24) is 9.80 Å². The van der Waals surface area contributed by atoms with Crippen LogP contribution in [0.15, 0.2) is 36.4 Å². The van der Waals surface area contributed by atoms with E-state index in [-0.39, 0.29) is 33.3 Å². The molecular weight excluding hydrogens is 587 g/mol. The van der Waals surface area contributed by atoms with E-state index in [2.05, 4.69) is 32.2 Å². The van der Waals surface area contributed by atoms with Crippen molar-refractivity contribution < 1.29 is 28.3 Å². The van der Waals surface area contributed by atoms with Gasteiger partial charge in [-0.1, -0.05) is 82.1 Å². The van der Waals surface area contributed by atoms with Gasteiger partial charge in [-0.15, -0.1) is 0 Å². The van der Waals surface area contributed by atoms with Crippen LogP contribution in [0.4, 0.5) is 14.5 Å². The molecule has 4 atom stereocenters. The number of alkyl halides is 2. The molecule has 226 valence electrons. The summed E-state index contributed by atoms with van der Waals surface area (Å²) in [6.45, 7) is 9.59. The molecule has 2 N–H and O–H groups in total. The van der Waals surface area contributed by atoms with Gasteiger partial charge in [0.25, 0.3) is 11.8 Å². The molecule has 0 saturated carbocycles. The standard InChI is InChI=1S/C31H35Cl2F2N3O4/c1-28(2,3)16-8-7-9-17(10-16)29(4,5)14-37(6)25(39)22-21-13-30(34,35)15-38(21)31(23(22)26(40)41)19-11-18(32)12-20(33)24(19)36-27(31)42/h7-12,21-23H,13-15H2,1-6H3,(H,36,42)(H,40,41)/t21-,22+,23?,31+/m1/s1. The van der Waals surface area contributed by atoms with Crippen molar-refractivity contribution in [1.29, 1.82) is 0 Å². The Balaban J connectivity index is 1.57. The summed E-state index contributed by atoms with van der Waals surface area (Å²) in [5, 5.41) is 13.4. The highest BCUT2D eigenvalue weighted by Crippen LogP contribution is 2.61. The van der Waals surface area contributed by atoms with E-state index < -0.39 is 65.5 Å². The Morgan fingerprint density at radius 3 is 2.38 bits per heavy atom. The fourth-order valence-electron chi connectivity index (χ4n) is 7.20. The van der Waals surface area contributed by atoms with E-state index in [0.29, 0.717) is 0 Å². The highest BCUT2D eigenvalue weighted by atomic mass is 35.5. The third-order valence-corrected chi connectivity index (χ3v) is 9.62. The number of fused-ring (bicyclic) bond motifs is 4. The predicted octanol–water partition coefficient (Wildman–Crippen LogP) is 5.91. The van der Waals surface area contributed by atoms with Crippen molar-refractivity contribution in [2.45, 2.75) is 69.4 Å². The van der Waals surface area contributed by atoms with Gasteiger partial charge in [0.15, 0.2) is 0 Å². The van der Waals surface area contributed by atoms with Crippen molar-refractivity contribution in [3.63, 3.8) is 0 Å². The molecule has 3 aliphatic heterocycles. The van der Waals surface area contributed by atoms with E-state index in [1.54, 1.807) is 7.05 Å². The van der Waals surface area contributed by atoms with Crippen LogP contribution >= 0.6 is 23.2 Å². The highest BCUT2D eigenvalue weighted by Gasteiger charge is 2.74. The summed E-state index contributed by atoms with van der Waals surface area (Å²) < 4.78 is 30.1. The first-order valence-corrected chi connectivity index (χ1v) is 14.6. The number of nitrogens with zero attached hydrogens (tertiary/aromatic N) is 2. The monoisotopic (exact) mass is 621 g/mol. The quantitative estimate of drug-likeness (QED) is 0.433. The van der Waals surface area contributed by atoms with Crippen LogP contribution in [-0.4, -0.2) is 64.8 Å². The first kappa shape index (κ1) is 30.7. The molecular formula is C31H35Cl2F2N3O4. The summed E-state index contributed by atoms with van der Waals surface area (Å²) in [4.78, 5) is 43.7. The number of aliphatic carboxylic acids is 1. The second kappa shape index (κ2) is 9.89. The number of amides is 2. The van der Waals surface area contributed by atoms with E-state index in [1.165, 1.54) is 21.9 Å². The molecule has 5 rings (SSSR count). The van der Waals surface area contributed by atoms with Gasteiger partial charge in [0, 0.05) is 42.1 Å². The summed E-state index contributed by atoms with van der Waals surface area (Å²) in [7, 11) is 1.55. The number of nitrogens with one attached hydrogen (secondary N) is 1. The smallest absolute Gasteiger partial charge is 0.310 e. The molecule has 1 unspecified atom stereocenters. The Morgan fingerprint density at radius 2 is 1.76 bits per heavy atom. The van der Waals surface area contributed by atoms with Crippen LogP contribution in [0, 0.1) is 11.8 Å². The van der Waals surface area contributed by atoms with Gasteiger partial charge in [-0.25, -0.2) is 8.78 Å². The third kappa shape index (κ3) is 4.68. The Labute approximate surface area is 254 Å². The Hall–Kier alpha value is -2.75. The average Bonchev–Trinajstić information content (AvgIpc) is 3.44. The number of hydrogen-bond donors (Lipinski definition) is 2. The van der Waals surface area contributed by atoms with Crippen LogP contribution in [0.1, 0.15) is 57.7 Å². The number of hydrogen-bond acceptors (Lipinski definition) is 4. The normalized spacial score (nSPS) is 26.7. The second-order valence-electron chi connectivity index (χ2n) is 13.5. The largest absolute Gasteiger partial charge is 0.481 e. The number of carboxylic acids is 1. The first-order chi connectivity index (χ1) is 19.3. The molecule has 0 aliphatic carbocycles. The summed E-state index contributed by atoms with van der Waals surface area (Å²) in [6.07, 6.45) is -0.753. The van der Waals surface area contributed by atoms with Crippen LogP contribution in [0.5, 0.6) is 0 Å². The lowest BCUT2D eigenvalue weighted by Gasteiger charge is -2.36. The predicted molar refractivity (Wildman–Crippen MR) is 157 cm³/mol. The number of carbonyl (C=O) groups excluding carboxylic acids is 2. The zero-order chi connectivity index (χ0) is 31.2. The lowest BCUT2D eigenvalue weighted by Crippen LogP contribution is -2.54. The molecule has 3 aliphatic rings. The van der Waals surface area contributed by atoms with Gasteiger partial charge in [0.1, 0.15) is 11.5 Å². The maximum absolute atomic E-state index is 15.1. The van der Waals surface area contributed by atoms with Crippen LogP contribution in [0.3, 0.4) is 0 Å². The number of benzene rings is 2. The summed E-state index contributed by atoms with van der Waals surface area (Å²) in [5.74, 6) is -9.18. The van der Waals surface area contributed by atoms with Crippen LogP contribution < -0.4 is 5.32 Å². The summed E-state index contributed by atoms with van der Waals surface area (Å²) >= 11 is 12.6. The van der Waals surface area contributed by atoms with Crippen molar-refractivity contribution in [2.24, 2.45) is 11.8 Å². The second-order valence-corrected chi connectivity index (χ2v) is 14.4. The Morgan fingerprint density at radius 1 is 1.12 bits per heavy atom. The van der Waals surface area contributed by atoms with Crippen LogP contribution in [0.2, 0.25) is 10.0 Å². The number of rotatable bonds is 5. The molecule has 42 heavy (non-hydrogen) atoms. The number of anilines is 1. The zero-order valence-corrected chi connectivity index (χ0v) is 25.9. The molecule has 2 aromatic rings. The molecule has 2 saturated heterocycles.